The molecule has 0 aliphatic carbocycles. The van der Waals surface area contributed by atoms with Crippen LogP contribution in [0.5, 0.6) is 5.75 Å². The van der Waals surface area contributed by atoms with Gasteiger partial charge in [0, 0.05) is 28.6 Å². The van der Waals surface area contributed by atoms with Crippen LogP contribution >= 0.6 is 0 Å². The summed E-state index contributed by atoms with van der Waals surface area (Å²) in [4.78, 5) is 44.7. The number of rotatable bonds is 2. The lowest BCUT2D eigenvalue weighted by Crippen LogP contribution is -2.37. The average molecular weight is 467 g/mol. The normalized spacial score (nSPS) is 20.1. The first-order valence-corrected chi connectivity index (χ1v) is 11.2. The number of para-hydroxylation sites is 2. The van der Waals surface area contributed by atoms with E-state index >= 15 is 0 Å². The summed E-state index contributed by atoms with van der Waals surface area (Å²) < 4.78 is 5.34. The topological polar surface area (TPSA) is 124 Å². The maximum Gasteiger partial charge on any atom is 0.327 e. The van der Waals surface area contributed by atoms with Crippen molar-refractivity contribution in [1.29, 1.82) is 0 Å². The molecule has 3 N–H and O–H groups in total. The number of anilines is 1. The summed E-state index contributed by atoms with van der Waals surface area (Å²) in [6.07, 6.45) is 0. The number of methoxy groups -OCH3 is 1. The van der Waals surface area contributed by atoms with Gasteiger partial charge in [-0.05, 0) is 43.7 Å². The minimum atomic E-state index is -0.610. The fourth-order valence-corrected chi connectivity index (χ4v) is 5.09. The fourth-order valence-electron chi connectivity index (χ4n) is 5.09. The molecule has 2 unspecified atom stereocenters. The third-order valence-corrected chi connectivity index (χ3v) is 6.61. The molecule has 0 saturated heterocycles. The molecule has 9 heteroatoms. The maximum atomic E-state index is 13.1. The summed E-state index contributed by atoms with van der Waals surface area (Å²) in [5.41, 5.74) is 5.18. The van der Waals surface area contributed by atoms with Gasteiger partial charge < -0.3 is 10.1 Å². The highest BCUT2D eigenvalue weighted by Crippen LogP contribution is 2.46. The SMILES string of the molecule is COc1ccc(C2C3=C4Nc5ccccc5N=C(C)C4C(C)=NC3=Nc3[nH]c(=O)[nH]c(=O)c32)cc1. The van der Waals surface area contributed by atoms with Crippen molar-refractivity contribution in [1.82, 2.24) is 9.97 Å². The highest BCUT2D eigenvalue weighted by atomic mass is 16.5. The molecule has 2 atom stereocenters. The zero-order chi connectivity index (χ0) is 24.3. The second kappa shape index (κ2) is 7.76. The van der Waals surface area contributed by atoms with E-state index in [-0.39, 0.29) is 11.7 Å². The number of nitrogens with one attached hydrogen (secondary N) is 3. The van der Waals surface area contributed by atoms with E-state index in [2.05, 4.69) is 20.3 Å². The van der Waals surface area contributed by atoms with Gasteiger partial charge in [0.25, 0.3) is 5.56 Å². The van der Waals surface area contributed by atoms with Crippen LogP contribution in [0.3, 0.4) is 0 Å². The van der Waals surface area contributed by atoms with Crippen molar-refractivity contribution in [3.05, 3.63) is 91.8 Å². The second-order valence-corrected chi connectivity index (χ2v) is 8.72. The van der Waals surface area contributed by atoms with E-state index in [0.717, 1.165) is 39.6 Å². The summed E-state index contributed by atoms with van der Waals surface area (Å²) in [6, 6.07) is 15.4. The number of hydrogen-bond donors (Lipinski definition) is 3. The van der Waals surface area contributed by atoms with Gasteiger partial charge in [-0.15, -0.1) is 0 Å². The first-order chi connectivity index (χ1) is 16.9. The Kier molecular flexibility index (Phi) is 4.67. The fraction of sp³-hybridized carbons (Fsp3) is 0.192. The Hall–Kier alpha value is -4.53. The number of H-pyrrole nitrogens is 2. The van der Waals surface area contributed by atoms with Crippen molar-refractivity contribution in [2.75, 3.05) is 12.4 Å². The maximum absolute atomic E-state index is 13.1. The van der Waals surface area contributed by atoms with E-state index in [0.29, 0.717) is 17.1 Å². The molecule has 6 rings (SSSR count). The largest absolute Gasteiger partial charge is 0.497 e. The van der Waals surface area contributed by atoms with Crippen LogP contribution in [-0.4, -0.2) is 34.3 Å². The third-order valence-electron chi connectivity index (χ3n) is 6.61. The Bertz CT molecular complexity index is 1620. The Morgan fingerprint density at radius 3 is 2.37 bits per heavy atom. The van der Waals surface area contributed by atoms with Gasteiger partial charge in [-0.3, -0.25) is 19.8 Å². The lowest BCUT2D eigenvalue weighted by molar-refractivity contribution is 0.414. The van der Waals surface area contributed by atoms with Gasteiger partial charge in [0.1, 0.15) is 11.6 Å². The third kappa shape index (κ3) is 3.27. The van der Waals surface area contributed by atoms with Crippen LogP contribution in [0, 0.1) is 5.92 Å². The Morgan fingerprint density at radius 2 is 1.60 bits per heavy atom. The molecule has 0 spiro atoms. The first-order valence-electron chi connectivity index (χ1n) is 11.2. The Balaban J connectivity index is 1.69. The molecular weight excluding hydrogens is 444 g/mol. The highest BCUT2D eigenvalue weighted by Gasteiger charge is 2.41. The predicted molar refractivity (Wildman–Crippen MR) is 136 cm³/mol. The Labute approximate surface area is 200 Å². The molecule has 9 nitrogen and oxygen atoms in total. The van der Waals surface area contributed by atoms with Gasteiger partial charge in [0.15, 0.2) is 5.84 Å². The molecule has 1 aromatic heterocycles. The number of hydrogen-bond acceptors (Lipinski definition) is 7. The van der Waals surface area contributed by atoms with Crippen LogP contribution < -0.4 is 21.3 Å². The van der Waals surface area contributed by atoms with E-state index in [1.807, 2.05) is 62.4 Å². The van der Waals surface area contributed by atoms with Crippen molar-refractivity contribution in [2.24, 2.45) is 20.9 Å². The van der Waals surface area contributed by atoms with Crippen LogP contribution in [0.25, 0.3) is 0 Å². The van der Waals surface area contributed by atoms with Crippen LogP contribution in [-0.2, 0) is 0 Å². The summed E-state index contributed by atoms with van der Waals surface area (Å²) >= 11 is 0. The summed E-state index contributed by atoms with van der Waals surface area (Å²) in [7, 11) is 1.61. The van der Waals surface area contributed by atoms with Gasteiger partial charge in [0.05, 0.1) is 30.0 Å². The number of amidine groups is 1. The van der Waals surface area contributed by atoms with E-state index in [4.69, 9.17) is 14.7 Å². The second-order valence-electron chi connectivity index (χ2n) is 8.72. The van der Waals surface area contributed by atoms with Crippen LogP contribution in [0.4, 0.5) is 17.2 Å². The van der Waals surface area contributed by atoms with Crippen molar-refractivity contribution in [3.8, 4) is 5.75 Å². The molecule has 3 aromatic rings. The number of aromatic amines is 2. The molecule has 0 amide bonds. The molecule has 174 valence electrons. The van der Waals surface area contributed by atoms with Gasteiger partial charge in [-0.2, -0.15) is 0 Å². The molecule has 3 aliphatic rings. The van der Waals surface area contributed by atoms with Crippen molar-refractivity contribution in [2.45, 2.75) is 19.8 Å². The molecule has 0 saturated carbocycles. The molecule has 3 aliphatic heterocycles. The quantitative estimate of drug-likeness (QED) is 0.531. The number of allylic oxidation sites excluding steroid dienone is 1. The van der Waals surface area contributed by atoms with Gasteiger partial charge in [0.2, 0.25) is 0 Å². The highest BCUT2D eigenvalue weighted by molar-refractivity contribution is 6.21. The smallest absolute Gasteiger partial charge is 0.327 e. The summed E-state index contributed by atoms with van der Waals surface area (Å²) in [5.74, 6) is 0.646. The van der Waals surface area contributed by atoms with Gasteiger partial charge in [-0.25, -0.2) is 14.8 Å². The van der Waals surface area contributed by atoms with Crippen LogP contribution in [0.1, 0.15) is 30.9 Å². The number of aliphatic imine (C=N–C) groups is 3. The lowest BCUT2D eigenvalue weighted by atomic mass is 9.77. The summed E-state index contributed by atoms with van der Waals surface area (Å²) in [6.45, 7) is 3.93. The molecule has 2 aromatic carbocycles. The standard InChI is InChI=1S/C26H22N6O3/c1-12-18-13(2)28-23-20(22(18)29-17-7-5-4-6-16(17)27-12)19(14-8-10-15(35-3)11-9-14)21-24(30-23)31-26(34)32-25(21)33/h4-11,18-19,29H,1-3H3,(H2,31,32,33,34). The number of nitrogens with zero attached hydrogens (tertiary/aromatic N) is 3. The number of benzene rings is 2. The lowest BCUT2D eigenvalue weighted by Gasteiger charge is -2.34. The molecule has 0 radical (unpaired) electrons. The zero-order valence-corrected chi connectivity index (χ0v) is 19.3. The minimum Gasteiger partial charge on any atom is -0.497 e. The zero-order valence-electron chi connectivity index (χ0n) is 19.3. The molecule has 0 bridgehead atoms. The van der Waals surface area contributed by atoms with E-state index in [1.165, 1.54) is 0 Å². The van der Waals surface area contributed by atoms with Crippen LogP contribution in [0.2, 0.25) is 0 Å². The predicted octanol–water partition coefficient (Wildman–Crippen LogP) is 3.81. The number of fused-ring (bicyclic) bond motifs is 4. The Morgan fingerprint density at radius 1 is 0.857 bits per heavy atom. The van der Waals surface area contributed by atoms with Crippen molar-refractivity contribution in [3.63, 3.8) is 0 Å². The van der Waals surface area contributed by atoms with Gasteiger partial charge in [-0.1, -0.05) is 24.3 Å². The molecule has 4 heterocycles. The first kappa shape index (κ1) is 21.0. The number of aromatic nitrogens is 2. The van der Waals surface area contributed by atoms with Gasteiger partial charge >= 0.3 is 5.69 Å². The van der Waals surface area contributed by atoms with E-state index in [1.54, 1.807) is 7.11 Å². The molecule has 0 fully saturated rings. The monoisotopic (exact) mass is 466 g/mol. The molecule has 35 heavy (non-hydrogen) atoms. The van der Waals surface area contributed by atoms with E-state index in [9.17, 15) is 9.59 Å². The molecular formula is C26H22N6O3. The van der Waals surface area contributed by atoms with Crippen LogP contribution in [0.15, 0.2) is 84.4 Å². The number of dihydropyridines is 1. The average Bonchev–Trinajstić information content (AvgIpc) is 2.98. The van der Waals surface area contributed by atoms with Crippen molar-refractivity contribution >= 4 is 34.5 Å². The summed E-state index contributed by atoms with van der Waals surface area (Å²) in [5, 5.41) is 3.60. The van der Waals surface area contributed by atoms with E-state index < -0.39 is 17.2 Å². The number of ether oxygens (including phenoxy) is 1. The van der Waals surface area contributed by atoms with Crippen molar-refractivity contribution < 1.29 is 4.74 Å². The minimum absolute atomic E-state index is 0.208.